The molecule has 2 rings (SSSR count). The van der Waals surface area contributed by atoms with Crippen molar-refractivity contribution in [1.82, 2.24) is 5.32 Å². The van der Waals surface area contributed by atoms with Gasteiger partial charge in [-0.25, -0.2) is 8.42 Å². The molecule has 0 spiro atoms. The maximum atomic E-state index is 12.4. The summed E-state index contributed by atoms with van der Waals surface area (Å²) >= 11 is 0. The third kappa shape index (κ3) is 4.85. The van der Waals surface area contributed by atoms with Crippen LogP contribution in [0.25, 0.3) is 0 Å². The molecule has 0 radical (unpaired) electrons. The number of hydrogen-bond acceptors (Lipinski definition) is 6. The van der Waals surface area contributed by atoms with Gasteiger partial charge in [0.05, 0.1) is 44.1 Å². The van der Waals surface area contributed by atoms with Gasteiger partial charge in [-0.1, -0.05) is 6.07 Å². The van der Waals surface area contributed by atoms with Crippen molar-refractivity contribution in [3.63, 3.8) is 0 Å². The Morgan fingerprint density at radius 2 is 1.96 bits per heavy atom. The van der Waals surface area contributed by atoms with Crippen LogP contribution in [0.15, 0.2) is 18.2 Å². The Hall–Kier alpha value is -2.29. The Kier molecular flexibility index (Phi) is 5.89. The first-order valence-electron chi connectivity index (χ1n) is 7.70. The van der Waals surface area contributed by atoms with Crippen molar-refractivity contribution < 1.29 is 32.6 Å². The second-order valence-corrected chi connectivity index (χ2v) is 8.10. The van der Waals surface area contributed by atoms with Crippen LogP contribution in [-0.2, 0) is 19.4 Å². The molecule has 2 unspecified atom stereocenters. The number of carbonyl (C=O) groups excluding carboxylic acids is 1. The third-order valence-corrected chi connectivity index (χ3v) is 5.88. The number of carboxylic acids is 1. The van der Waals surface area contributed by atoms with Crippen molar-refractivity contribution in [2.24, 2.45) is 5.92 Å². The second-order valence-electron chi connectivity index (χ2n) is 5.87. The van der Waals surface area contributed by atoms with E-state index in [-0.39, 0.29) is 24.3 Å². The Morgan fingerprint density at radius 1 is 1.28 bits per heavy atom. The lowest BCUT2D eigenvalue weighted by molar-refractivity contribution is -0.137. The Balaban J connectivity index is 2.21. The highest BCUT2D eigenvalue weighted by atomic mass is 32.2. The van der Waals surface area contributed by atoms with E-state index in [1.807, 2.05) is 0 Å². The number of benzene rings is 1. The van der Waals surface area contributed by atoms with Gasteiger partial charge in [0.15, 0.2) is 21.3 Å². The number of ether oxygens (including phenoxy) is 2. The van der Waals surface area contributed by atoms with Crippen LogP contribution in [0.5, 0.6) is 11.5 Å². The molecule has 9 heteroatoms. The molecule has 138 valence electrons. The minimum Gasteiger partial charge on any atom is -0.493 e. The van der Waals surface area contributed by atoms with Crippen LogP contribution in [0.3, 0.4) is 0 Å². The largest absolute Gasteiger partial charge is 0.493 e. The molecule has 1 fully saturated rings. The van der Waals surface area contributed by atoms with Gasteiger partial charge >= 0.3 is 5.97 Å². The molecule has 1 aromatic rings. The minimum absolute atomic E-state index is 0.0228. The predicted molar refractivity (Wildman–Crippen MR) is 89.4 cm³/mol. The molecule has 1 heterocycles. The molecule has 0 saturated carbocycles. The van der Waals surface area contributed by atoms with Gasteiger partial charge in [-0.2, -0.15) is 0 Å². The molecule has 25 heavy (non-hydrogen) atoms. The van der Waals surface area contributed by atoms with Crippen LogP contribution >= 0.6 is 0 Å². The smallest absolute Gasteiger partial charge is 0.305 e. The quantitative estimate of drug-likeness (QED) is 0.726. The molecule has 8 nitrogen and oxygen atoms in total. The molecule has 2 N–H and O–H groups in total. The average Bonchev–Trinajstić information content (AvgIpc) is 2.93. The average molecular weight is 371 g/mol. The number of nitrogens with one attached hydrogen (secondary N) is 1. The monoisotopic (exact) mass is 371 g/mol. The molecule has 0 aliphatic carbocycles. The van der Waals surface area contributed by atoms with Crippen LogP contribution in [0, 0.1) is 5.92 Å². The standard InChI is InChI=1S/C16H21NO7S/c1-23-13-4-3-10(7-14(13)24-2)12(8-15(18)19)17-16(20)11-5-6-25(21,22)9-11/h3-4,7,11-12H,5-6,8-9H2,1-2H3,(H,17,20)(H,18,19). The van der Waals surface area contributed by atoms with Crippen LogP contribution in [0.2, 0.25) is 0 Å². The molecular weight excluding hydrogens is 350 g/mol. The van der Waals surface area contributed by atoms with E-state index < -0.39 is 33.7 Å². The van der Waals surface area contributed by atoms with Crippen molar-refractivity contribution in [3.05, 3.63) is 23.8 Å². The summed E-state index contributed by atoms with van der Waals surface area (Å²) in [6.07, 6.45) is -0.0828. The van der Waals surface area contributed by atoms with Crippen LogP contribution < -0.4 is 14.8 Å². The summed E-state index contributed by atoms with van der Waals surface area (Å²) in [4.78, 5) is 23.5. The normalized spacial score (nSPS) is 19.8. The molecule has 1 amide bonds. The number of hydrogen-bond donors (Lipinski definition) is 2. The highest BCUT2D eigenvalue weighted by molar-refractivity contribution is 7.91. The summed E-state index contributed by atoms with van der Waals surface area (Å²) in [5.41, 5.74) is 0.536. The van der Waals surface area contributed by atoms with Gasteiger partial charge in [0.2, 0.25) is 5.91 Å². The van der Waals surface area contributed by atoms with Crippen molar-refractivity contribution in [1.29, 1.82) is 0 Å². The number of sulfone groups is 1. The van der Waals surface area contributed by atoms with E-state index >= 15 is 0 Å². The van der Waals surface area contributed by atoms with Crippen molar-refractivity contribution >= 4 is 21.7 Å². The lowest BCUT2D eigenvalue weighted by atomic mass is 10.0. The van der Waals surface area contributed by atoms with Gasteiger partial charge in [0, 0.05) is 0 Å². The van der Waals surface area contributed by atoms with Crippen LogP contribution in [0.4, 0.5) is 0 Å². The number of methoxy groups -OCH3 is 2. The summed E-state index contributed by atoms with van der Waals surface area (Å²) in [5.74, 6) is -1.53. The van der Waals surface area contributed by atoms with E-state index in [1.54, 1.807) is 18.2 Å². The molecule has 2 atom stereocenters. The number of carbonyl (C=O) groups is 2. The summed E-state index contributed by atoms with van der Waals surface area (Å²) in [6.45, 7) is 0. The number of aliphatic carboxylic acids is 1. The van der Waals surface area contributed by atoms with Crippen LogP contribution in [0.1, 0.15) is 24.4 Å². The van der Waals surface area contributed by atoms with Crippen molar-refractivity contribution in [3.8, 4) is 11.5 Å². The van der Waals surface area contributed by atoms with Gasteiger partial charge < -0.3 is 19.9 Å². The summed E-state index contributed by atoms with van der Waals surface area (Å²) < 4.78 is 33.4. The Labute approximate surface area is 146 Å². The number of amides is 1. The zero-order chi connectivity index (χ0) is 18.6. The van der Waals surface area contributed by atoms with E-state index in [0.29, 0.717) is 17.1 Å². The van der Waals surface area contributed by atoms with Crippen molar-refractivity contribution in [2.45, 2.75) is 18.9 Å². The maximum absolute atomic E-state index is 12.4. The van der Waals surface area contributed by atoms with Crippen LogP contribution in [-0.4, -0.2) is 51.1 Å². The van der Waals surface area contributed by atoms with E-state index in [1.165, 1.54) is 14.2 Å². The van der Waals surface area contributed by atoms with E-state index in [9.17, 15) is 18.0 Å². The topological polar surface area (TPSA) is 119 Å². The number of rotatable bonds is 7. The lowest BCUT2D eigenvalue weighted by Gasteiger charge is -2.20. The molecule has 1 aliphatic rings. The van der Waals surface area contributed by atoms with E-state index in [2.05, 4.69) is 5.32 Å². The Morgan fingerprint density at radius 3 is 2.48 bits per heavy atom. The molecule has 0 bridgehead atoms. The molecular formula is C16H21NO7S. The SMILES string of the molecule is COc1ccc(C(CC(=O)O)NC(=O)C2CCS(=O)(=O)C2)cc1OC. The zero-order valence-corrected chi connectivity index (χ0v) is 14.8. The summed E-state index contributed by atoms with van der Waals surface area (Å²) in [7, 11) is -0.262. The maximum Gasteiger partial charge on any atom is 0.305 e. The fraction of sp³-hybridized carbons (Fsp3) is 0.500. The van der Waals surface area contributed by atoms with Gasteiger partial charge in [-0.05, 0) is 24.1 Å². The first-order chi connectivity index (χ1) is 11.8. The second kappa shape index (κ2) is 7.73. The Bertz CT molecular complexity index is 760. The fourth-order valence-corrected chi connectivity index (χ4v) is 4.53. The summed E-state index contributed by atoms with van der Waals surface area (Å²) in [5, 5.41) is 11.8. The lowest BCUT2D eigenvalue weighted by Crippen LogP contribution is -2.35. The van der Waals surface area contributed by atoms with E-state index in [4.69, 9.17) is 14.6 Å². The first kappa shape index (κ1) is 19.0. The number of carboxylic acid groups (broad SMARTS) is 1. The third-order valence-electron chi connectivity index (χ3n) is 4.11. The predicted octanol–water partition coefficient (Wildman–Crippen LogP) is 0.770. The minimum atomic E-state index is -3.20. The molecule has 1 saturated heterocycles. The van der Waals surface area contributed by atoms with Gasteiger partial charge in [-0.3, -0.25) is 9.59 Å². The fourth-order valence-electron chi connectivity index (χ4n) is 2.79. The highest BCUT2D eigenvalue weighted by Gasteiger charge is 2.34. The summed E-state index contributed by atoms with van der Waals surface area (Å²) in [6, 6.07) is 4.06. The zero-order valence-electron chi connectivity index (χ0n) is 14.0. The highest BCUT2D eigenvalue weighted by Crippen LogP contribution is 2.31. The van der Waals surface area contributed by atoms with Gasteiger partial charge in [-0.15, -0.1) is 0 Å². The van der Waals surface area contributed by atoms with Gasteiger partial charge in [0.1, 0.15) is 0 Å². The molecule has 0 aromatic heterocycles. The van der Waals surface area contributed by atoms with Gasteiger partial charge in [0.25, 0.3) is 0 Å². The molecule has 1 aromatic carbocycles. The van der Waals surface area contributed by atoms with Crippen molar-refractivity contribution in [2.75, 3.05) is 25.7 Å². The molecule has 1 aliphatic heterocycles. The van der Waals surface area contributed by atoms with E-state index in [0.717, 1.165) is 0 Å². The first-order valence-corrected chi connectivity index (χ1v) is 9.52.